The van der Waals surface area contributed by atoms with Gasteiger partial charge in [0.2, 0.25) is 0 Å². The number of nitrogens with zero attached hydrogens (tertiary/aromatic N) is 3. The van der Waals surface area contributed by atoms with E-state index in [2.05, 4.69) is 34.9 Å². The molecule has 0 radical (unpaired) electrons. The number of rotatable bonds is 7. The van der Waals surface area contributed by atoms with Gasteiger partial charge >= 0.3 is 0 Å². The van der Waals surface area contributed by atoms with E-state index in [1.54, 1.807) is 0 Å². The predicted octanol–water partition coefficient (Wildman–Crippen LogP) is 2.16. The van der Waals surface area contributed by atoms with Gasteiger partial charge in [-0.1, -0.05) is 11.2 Å². The topological polar surface area (TPSA) is 62.0 Å². The molecular formula is C20H29N3O3. The third-order valence-corrected chi connectivity index (χ3v) is 4.63. The molecule has 1 aromatic carbocycles. The molecule has 1 aliphatic rings. The maximum Gasteiger partial charge on any atom is 0.133 e. The molecular weight excluding hydrogens is 330 g/mol. The van der Waals surface area contributed by atoms with Crippen molar-refractivity contribution in [3.05, 3.63) is 46.8 Å². The van der Waals surface area contributed by atoms with Crippen LogP contribution in [0.1, 0.15) is 22.6 Å². The van der Waals surface area contributed by atoms with Crippen LogP contribution in [0, 0.1) is 20.8 Å². The number of aliphatic hydroxyl groups excluding tert-OH is 1. The van der Waals surface area contributed by atoms with Crippen LogP contribution in [-0.4, -0.2) is 65.5 Å². The number of benzene rings is 1. The molecule has 1 N–H and O–H groups in total. The number of aryl methyl sites for hydroxylation is 3. The summed E-state index contributed by atoms with van der Waals surface area (Å²) in [5.41, 5.74) is 3.33. The van der Waals surface area contributed by atoms with Crippen LogP contribution in [-0.2, 0) is 6.54 Å². The Hall–Kier alpha value is -1.89. The lowest BCUT2D eigenvalue weighted by molar-refractivity contribution is 0.0442. The molecule has 2 heterocycles. The monoisotopic (exact) mass is 359 g/mol. The van der Waals surface area contributed by atoms with Crippen LogP contribution in [0.25, 0.3) is 0 Å². The second-order valence-corrected chi connectivity index (χ2v) is 7.29. The Kier molecular flexibility index (Phi) is 6.29. The van der Waals surface area contributed by atoms with Crippen LogP contribution < -0.4 is 4.74 Å². The number of β-amino-alcohol motifs (C(OH)–C–C–N with tert-alkyl or cyclic N) is 1. The molecule has 1 unspecified atom stereocenters. The quantitative estimate of drug-likeness (QED) is 0.817. The van der Waals surface area contributed by atoms with Crippen molar-refractivity contribution in [3.63, 3.8) is 0 Å². The van der Waals surface area contributed by atoms with Crippen LogP contribution >= 0.6 is 0 Å². The van der Waals surface area contributed by atoms with Gasteiger partial charge in [-0.05, 0) is 44.0 Å². The summed E-state index contributed by atoms with van der Waals surface area (Å²) >= 11 is 0. The molecule has 6 heteroatoms. The highest BCUT2D eigenvalue weighted by atomic mass is 16.5. The molecule has 142 valence electrons. The first-order chi connectivity index (χ1) is 12.5. The van der Waals surface area contributed by atoms with E-state index in [0.717, 1.165) is 49.9 Å². The highest BCUT2D eigenvalue weighted by molar-refractivity contribution is 5.33. The zero-order valence-corrected chi connectivity index (χ0v) is 15.9. The molecule has 1 fully saturated rings. The largest absolute Gasteiger partial charge is 0.491 e. The molecule has 0 saturated carbocycles. The summed E-state index contributed by atoms with van der Waals surface area (Å²) < 4.78 is 10.9. The second kappa shape index (κ2) is 8.66. The van der Waals surface area contributed by atoms with Crippen molar-refractivity contribution in [2.24, 2.45) is 0 Å². The maximum absolute atomic E-state index is 10.3. The lowest BCUT2D eigenvalue weighted by Gasteiger charge is -2.35. The van der Waals surface area contributed by atoms with E-state index in [0.29, 0.717) is 13.2 Å². The second-order valence-electron chi connectivity index (χ2n) is 7.29. The van der Waals surface area contributed by atoms with Crippen molar-refractivity contribution >= 4 is 0 Å². The first kappa shape index (κ1) is 18.9. The van der Waals surface area contributed by atoms with Crippen molar-refractivity contribution in [2.45, 2.75) is 33.4 Å². The van der Waals surface area contributed by atoms with Gasteiger partial charge in [-0.3, -0.25) is 9.80 Å². The SMILES string of the molecule is Cc1cc(C)cc(OCC(O)CN2CCN(Cc3cc(C)on3)CC2)c1. The van der Waals surface area contributed by atoms with Gasteiger partial charge in [0.15, 0.2) is 0 Å². The third-order valence-electron chi connectivity index (χ3n) is 4.63. The van der Waals surface area contributed by atoms with Crippen molar-refractivity contribution in [2.75, 3.05) is 39.3 Å². The van der Waals surface area contributed by atoms with Gasteiger partial charge in [-0.2, -0.15) is 0 Å². The lowest BCUT2D eigenvalue weighted by atomic mass is 10.1. The summed E-state index contributed by atoms with van der Waals surface area (Å²) in [7, 11) is 0. The zero-order chi connectivity index (χ0) is 18.5. The normalized spacial score (nSPS) is 17.4. The molecule has 1 atom stereocenters. The molecule has 0 bridgehead atoms. The Bertz CT molecular complexity index is 688. The number of hydrogen-bond donors (Lipinski definition) is 1. The molecule has 1 aliphatic heterocycles. The predicted molar refractivity (Wildman–Crippen MR) is 100 cm³/mol. The van der Waals surface area contributed by atoms with E-state index < -0.39 is 6.10 Å². The van der Waals surface area contributed by atoms with Gasteiger partial charge in [0.25, 0.3) is 0 Å². The van der Waals surface area contributed by atoms with Crippen molar-refractivity contribution in [1.29, 1.82) is 0 Å². The Morgan fingerprint density at radius 3 is 2.31 bits per heavy atom. The summed E-state index contributed by atoms with van der Waals surface area (Å²) in [6.45, 7) is 11.6. The molecule has 0 amide bonds. The molecule has 1 saturated heterocycles. The minimum atomic E-state index is -0.486. The molecule has 0 spiro atoms. The average molecular weight is 359 g/mol. The number of ether oxygens (including phenoxy) is 1. The Labute approximate surface area is 155 Å². The van der Waals surface area contributed by atoms with Crippen molar-refractivity contribution in [3.8, 4) is 5.75 Å². The fourth-order valence-corrected chi connectivity index (χ4v) is 3.41. The van der Waals surface area contributed by atoms with E-state index >= 15 is 0 Å². The van der Waals surface area contributed by atoms with Crippen molar-refractivity contribution in [1.82, 2.24) is 15.0 Å². The number of aliphatic hydroxyl groups is 1. The smallest absolute Gasteiger partial charge is 0.133 e. The summed E-state index contributed by atoms with van der Waals surface area (Å²) in [6, 6.07) is 8.11. The number of piperazine rings is 1. The van der Waals surface area contributed by atoms with Gasteiger partial charge in [-0.15, -0.1) is 0 Å². The number of aromatic nitrogens is 1. The lowest BCUT2D eigenvalue weighted by Crippen LogP contribution is -2.48. The molecule has 3 rings (SSSR count). The fourth-order valence-electron chi connectivity index (χ4n) is 3.41. The van der Waals surface area contributed by atoms with Crippen molar-refractivity contribution < 1.29 is 14.4 Å². The summed E-state index contributed by atoms with van der Waals surface area (Å²) in [5, 5.41) is 14.4. The first-order valence-electron chi connectivity index (χ1n) is 9.24. The summed E-state index contributed by atoms with van der Waals surface area (Å²) in [5.74, 6) is 1.68. The van der Waals surface area contributed by atoms with E-state index in [1.807, 2.05) is 25.1 Å². The number of hydrogen-bond acceptors (Lipinski definition) is 6. The van der Waals surface area contributed by atoms with E-state index in [1.165, 1.54) is 11.1 Å². The molecule has 26 heavy (non-hydrogen) atoms. The summed E-state index contributed by atoms with van der Waals surface area (Å²) in [4.78, 5) is 4.66. The molecule has 0 aliphatic carbocycles. The highest BCUT2D eigenvalue weighted by Gasteiger charge is 2.20. The van der Waals surface area contributed by atoms with Crippen LogP contribution in [0.15, 0.2) is 28.8 Å². The molecule has 2 aromatic rings. The van der Waals surface area contributed by atoms with Gasteiger partial charge < -0.3 is 14.4 Å². The van der Waals surface area contributed by atoms with E-state index in [4.69, 9.17) is 9.26 Å². The van der Waals surface area contributed by atoms with Gasteiger partial charge in [0.05, 0.1) is 5.69 Å². The first-order valence-corrected chi connectivity index (χ1v) is 9.24. The Morgan fingerprint density at radius 2 is 1.69 bits per heavy atom. The fraction of sp³-hybridized carbons (Fsp3) is 0.550. The summed E-state index contributed by atoms with van der Waals surface area (Å²) in [6.07, 6.45) is -0.486. The van der Waals surface area contributed by atoms with Crippen LogP contribution in [0.4, 0.5) is 0 Å². The third kappa shape index (κ3) is 5.56. The van der Waals surface area contributed by atoms with Crippen LogP contribution in [0.2, 0.25) is 0 Å². The van der Waals surface area contributed by atoms with Gasteiger partial charge in [-0.25, -0.2) is 0 Å². The Balaban J connectivity index is 1.38. The van der Waals surface area contributed by atoms with E-state index in [9.17, 15) is 5.11 Å². The van der Waals surface area contributed by atoms with Crippen LogP contribution in [0.5, 0.6) is 5.75 Å². The Morgan fingerprint density at radius 1 is 1.04 bits per heavy atom. The van der Waals surface area contributed by atoms with Gasteiger partial charge in [0, 0.05) is 45.3 Å². The maximum atomic E-state index is 10.3. The zero-order valence-electron chi connectivity index (χ0n) is 15.9. The highest BCUT2D eigenvalue weighted by Crippen LogP contribution is 2.16. The minimum absolute atomic E-state index is 0.321. The average Bonchev–Trinajstić information content (AvgIpc) is 2.99. The van der Waals surface area contributed by atoms with E-state index in [-0.39, 0.29) is 0 Å². The van der Waals surface area contributed by atoms with Gasteiger partial charge in [0.1, 0.15) is 24.2 Å². The molecule has 1 aromatic heterocycles. The van der Waals surface area contributed by atoms with Crippen LogP contribution in [0.3, 0.4) is 0 Å². The standard InChI is InChI=1S/C20H29N3O3/c1-15-8-16(2)10-20(9-15)25-14-19(24)13-23-6-4-22(5-7-23)12-18-11-17(3)26-21-18/h8-11,19,24H,4-7,12-14H2,1-3H3. The molecule has 6 nitrogen and oxygen atoms in total. The minimum Gasteiger partial charge on any atom is -0.491 e.